The second-order valence-corrected chi connectivity index (χ2v) is 7.77. The molecule has 1 saturated carbocycles. The van der Waals surface area contributed by atoms with Gasteiger partial charge < -0.3 is 9.69 Å². The van der Waals surface area contributed by atoms with Crippen LogP contribution in [0.5, 0.6) is 0 Å². The zero-order valence-corrected chi connectivity index (χ0v) is 13.6. The molecule has 1 heterocycles. The van der Waals surface area contributed by atoms with Crippen molar-refractivity contribution in [1.29, 1.82) is 0 Å². The molecule has 2 rings (SSSR count). The number of nitrogens with zero attached hydrogens (tertiary/aromatic N) is 1. The number of rotatable bonds is 2. The number of carbonyl (C=O) groups excluding carboxylic acids is 3. The maximum absolute atomic E-state index is 12.6. The van der Waals surface area contributed by atoms with Gasteiger partial charge >= 0.3 is 0 Å². The summed E-state index contributed by atoms with van der Waals surface area (Å²) >= 11 is 2.08. The van der Waals surface area contributed by atoms with Gasteiger partial charge in [0.1, 0.15) is 9.71 Å². The Hall–Kier alpha value is -0.720. The van der Waals surface area contributed by atoms with Crippen LogP contribution in [0.3, 0.4) is 0 Å². The highest BCUT2D eigenvalue weighted by molar-refractivity contribution is 14.1. The first kappa shape index (κ1) is 14.7. The number of carbonyl (C=O) groups is 3. The third-order valence-corrected chi connectivity index (χ3v) is 5.46. The van der Waals surface area contributed by atoms with E-state index in [1.165, 1.54) is 0 Å². The topological polar surface area (TPSA) is 54.5 Å². The van der Waals surface area contributed by atoms with Crippen molar-refractivity contribution in [3.63, 3.8) is 0 Å². The molecule has 0 spiro atoms. The van der Waals surface area contributed by atoms with E-state index < -0.39 is 14.8 Å². The molecular weight excluding hydrogens is 357 g/mol. The Morgan fingerprint density at radius 1 is 1.47 bits per heavy atom. The number of alkyl halides is 1. The zero-order valence-electron chi connectivity index (χ0n) is 11.4. The first-order valence-corrected chi connectivity index (χ1v) is 7.56. The summed E-state index contributed by atoms with van der Waals surface area (Å²) in [6, 6.07) is 0. The number of halogens is 1. The summed E-state index contributed by atoms with van der Waals surface area (Å²) in [5.74, 6) is -0.718. The fourth-order valence-corrected chi connectivity index (χ4v) is 4.49. The highest BCUT2D eigenvalue weighted by Gasteiger charge is 2.57. The molecule has 1 amide bonds. The fraction of sp³-hybridized carbons (Fsp3) is 0.643. The Labute approximate surface area is 126 Å². The summed E-state index contributed by atoms with van der Waals surface area (Å²) < 4.78 is -0.758. The molecule has 5 heteroatoms. The third-order valence-electron chi connectivity index (χ3n) is 4.35. The van der Waals surface area contributed by atoms with E-state index in [0.29, 0.717) is 25.8 Å². The first-order chi connectivity index (χ1) is 8.79. The molecule has 0 aromatic rings. The molecule has 0 N–H and O–H groups in total. The molecule has 0 saturated heterocycles. The van der Waals surface area contributed by atoms with Crippen LogP contribution >= 0.6 is 22.6 Å². The SMILES string of the molecule is CCN1CC=C2C(C)(I)C(=O)C(C=O)CC2(C)C1=O. The Balaban J connectivity index is 2.55. The van der Waals surface area contributed by atoms with E-state index in [-0.39, 0.29) is 11.7 Å². The van der Waals surface area contributed by atoms with Crippen molar-refractivity contribution in [3.8, 4) is 0 Å². The maximum Gasteiger partial charge on any atom is 0.232 e. The van der Waals surface area contributed by atoms with E-state index in [4.69, 9.17) is 0 Å². The number of amides is 1. The predicted molar refractivity (Wildman–Crippen MR) is 80.0 cm³/mol. The number of ketones is 1. The van der Waals surface area contributed by atoms with Gasteiger partial charge in [-0.1, -0.05) is 28.7 Å². The van der Waals surface area contributed by atoms with Gasteiger partial charge in [-0.15, -0.1) is 0 Å². The molecule has 3 atom stereocenters. The number of aldehydes is 1. The van der Waals surface area contributed by atoms with E-state index in [0.717, 1.165) is 5.57 Å². The Morgan fingerprint density at radius 2 is 2.11 bits per heavy atom. The number of fused-ring (bicyclic) bond motifs is 1. The minimum atomic E-state index is -0.758. The predicted octanol–water partition coefficient (Wildman–Crippen LogP) is 1.76. The standard InChI is InChI=1S/C14H18INO3/c1-4-16-6-5-10-13(2,12(16)19)7-9(8-17)11(18)14(10,3)15/h5,8-9H,4,6-7H2,1-3H3. The van der Waals surface area contributed by atoms with Gasteiger partial charge in [0, 0.05) is 13.1 Å². The zero-order chi connectivity index (χ0) is 14.4. The molecule has 104 valence electrons. The van der Waals surface area contributed by atoms with Crippen molar-refractivity contribution >= 4 is 40.6 Å². The quantitative estimate of drug-likeness (QED) is 0.243. The van der Waals surface area contributed by atoms with Crippen LogP contribution in [0.4, 0.5) is 0 Å². The van der Waals surface area contributed by atoms with Gasteiger partial charge in [-0.3, -0.25) is 9.59 Å². The van der Waals surface area contributed by atoms with Gasteiger partial charge in [0.05, 0.1) is 11.3 Å². The van der Waals surface area contributed by atoms with Gasteiger partial charge in [-0.25, -0.2) is 0 Å². The van der Waals surface area contributed by atoms with Crippen LogP contribution in [0.1, 0.15) is 27.2 Å². The maximum atomic E-state index is 12.6. The fourth-order valence-electron chi connectivity index (χ4n) is 3.28. The lowest BCUT2D eigenvalue weighted by Gasteiger charge is -2.49. The van der Waals surface area contributed by atoms with Gasteiger partial charge in [0.25, 0.3) is 0 Å². The van der Waals surface area contributed by atoms with Gasteiger partial charge in [-0.2, -0.15) is 0 Å². The van der Waals surface area contributed by atoms with Gasteiger partial charge in [-0.05, 0) is 32.8 Å². The largest absolute Gasteiger partial charge is 0.338 e. The van der Waals surface area contributed by atoms with Crippen LogP contribution in [0.15, 0.2) is 11.6 Å². The molecule has 0 radical (unpaired) electrons. The van der Waals surface area contributed by atoms with Crippen molar-refractivity contribution in [2.45, 2.75) is 30.6 Å². The van der Waals surface area contributed by atoms with Crippen molar-refractivity contribution in [3.05, 3.63) is 11.6 Å². The van der Waals surface area contributed by atoms with Crippen LogP contribution in [0.25, 0.3) is 0 Å². The molecule has 0 aromatic heterocycles. The van der Waals surface area contributed by atoms with Crippen molar-refractivity contribution < 1.29 is 14.4 Å². The highest BCUT2D eigenvalue weighted by atomic mass is 127. The van der Waals surface area contributed by atoms with E-state index in [9.17, 15) is 14.4 Å². The highest BCUT2D eigenvalue weighted by Crippen LogP contribution is 2.52. The lowest BCUT2D eigenvalue weighted by molar-refractivity contribution is -0.144. The minimum Gasteiger partial charge on any atom is -0.338 e. The Kier molecular flexibility index (Phi) is 3.62. The smallest absolute Gasteiger partial charge is 0.232 e. The summed E-state index contributed by atoms with van der Waals surface area (Å²) in [4.78, 5) is 37.9. The molecule has 3 unspecified atom stereocenters. The number of hydrogen-bond donors (Lipinski definition) is 0. The molecule has 19 heavy (non-hydrogen) atoms. The Bertz CT molecular complexity index is 483. The van der Waals surface area contributed by atoms with E-state index in [2.05, 4.69) is 22.6 Å². The molecule has 0 bridgehead atoms. The third kappa shape index (κ3) is 1.97. The average Bonchev–Trinajstić information content (AvgIpc) is 2.37. The van der Waals surface area contributed by atoms with Crippen LogP contribution in [0.2, 0.25) is 0 Å². The normalized spacial score (nSPS) is 38.8. The van der Waals surface area contributed by atoms with Gasteiger partial charge in [0.15, 0.2) is 5.78 Å². The monoisotopic (exact) mass is 375 g/mol. The number of likely N-dealkylation sites (N-methyl/N-ethyl adjacent to an activating group) is 1. The lowest BCUT2D eigenvalue weighted by Crippen LogP contribution is -2.58. The summed E-state index contributed by atoms with van der Waals surface area (Å²) in [5.41, 5.74) is 0.155. The van der Waals surface area contributed by atoms with Crippen LogP contribution in [-0.4, -0.2) is 39.4 Å². The molecular formula is C14H18INO3. The second kappa shape index (κ2) is 4.68. The lowest BCUT2D eigenvalue weighted by atomic mass is 9.61. The molecule has 4 nitrogen and oxygen atoms in total. The Morgan fingerprint density at radius 3 is 2.63 bits per heavy atom. The van der Waals surface area contributed by atoms with Crippen molar-refractivity contribution in [1.82, 2.24) is 4.90 Å². The summed E-state index contributed by atoms with van der Waals surface area (Å²) in [6.45, 7) is 6.82. The van der Waals surface area contributed by atoms with Crippen LogP contribution in [0, 0.1) is 11.3 Å². The second-order valence-electron chi connectivity index (χ2n) is 5.61. The number of hydrogen-bond acceptors (Lipinski definition) is 3. The first-order valence-electron chi connectivity index (χ1n) is 6.48. The van der Waals surface area contributed by atoms with Gasteiger partial charge in [0.2, 0.25) is 5.91 Å². The van der Waals surface area contributed by atoms with Crippen LogP contribution in [-0.2, 0) is 14.4 Å². The summed E-state index contributed by atoms with van der Waals surface area (Å²) in [7, 11) is 0. The van der Waals surface area contributed by atoms with Crippen molar-refractivity contribution in [2.24, 2.45) is 11.3 Å². The number of Topliss-reactive ketones (excluding diaryl/α,β-unsaturated/α-hetero) is 1. The molecule has 1 aliphatic heterocycles. The molecule has 1 fully saturated rings. The van der Waals surface area contributed by atoms with Crippen LogP contribution < -0.4 is 0 Å². The average molecular weight is 375 g/mol. The molecule has 0 aromatic carbocycles. The molecule has 1 aliphatic carbocycles. The summed E-state index contributed by atoms with van der Waals surface area (Å²) in [5, 5.41) is 0. The molecule has 2 aliphatic rings. The van der Waals surface area contributed by atoms with E-state index in [1.807, 2.05) is 26.8 Å². The summed E-state index contributed by atoms with van der Waals surface area (Å²) in [6.07, 6.45) is 2.99. The van der Waals surface area contributed by atoms with Crippen molar-refractivity contribution in [2.75, 3.05) is 13.1 Å². The van der Waals surface area contributed by atoms with E-state index >= 15 is 0 Å². The van der Waals surface area contributed by atoms with E-state index in [1.54, 1.807) is 4.90 Å². The minimum absolute atomic E-state index is 0.0368.